The Morgan fingerprint density at radius 2 is 1.02 bits per heavy atom. The van der Waals surface area contributed by atoms with Crippen molar-refractivity contribution in [3.05, 3.63) is 158 Å². The molecule has 6 nitrogen and oxygen atoms in total. The second kappa shape index (κ2) is 11.5. The van der Waals surface area contributed by atoms with E-state index in [1.54, 1.807) is 0 Å². The maximum Gasteiger partial charge on any atom is 0.238 e. The highest BCUT2D eigenvalue weighted by atomic mass is 16.3. The van der Waals surface area contributed by atoms with Crippen LogP contribution in [0.2, 0.25) is 0 Å². The topological polar surface area (TPSA) is 69.9 Å². The highest BCUT2D eigenvalue weighted by Gasteiger charge is 2.22. The summed E-state index contributed by atoms with van der Waals surface area (Å²) < 4.78 is 15.0. The van der Waals surface area contributed by atoms with Gasteiger partial charge in [-0.05, 0) is 53.6 Å². The van der Waals surface area contributed by atoms with Gasteiger partial charge in [-0.3, -0.25) is 4.57 Å². The van der Waals surface area contributed by atoms with Crippen LogP contribution in [0.25, 0.3) is 106 Å². The molecular formula is C46H30N4O2. The normalized spacial score (nSPS) is 11.7. The molecule has 0 atom stereocenters. The molecule has 52 heavy (non-hydrogen) atoms. The van der Waals surface area contributed by atoms with E-state index in [9.17, 15) is 0 Å². The summed E-state index contributed by atoms with van der Waals surface area (Å²) in [5.41, 5.74) is 9.29. The molecule has 0 saturated heterocycles. The van der Waals surface area contributed by atoms with Crippen LogP contribution in [0.15, 0.2) is 167 Å². The Hall–Kier alpha value is -7.05. The van der Waals surface area contributed by atoms with E-state index in [1.165, 1.54) is 0 Å². The molecule has 0 radical (unpaired) electrons. The summed E-state index contributed by atoms with van der Waals surface area (Å²) in [6.45, 7) is 0. The molecule has 0 bridgehead atoms. The first kappa shape index (κ1) is 29.8. The van der Waals surface area contributed by atoms with Crippen LogP contribution in [0.3, 0.4) is 0 Å². The lowest BCUT2D eigenvalue weighted by Gasteiger charge is -2.11. The molecule has 7 aromatic carbocycles. The van der Waals surface area contributed by atoms with Gasteiger partial charge in [-0.1, -0.05) is 123 Å². The van der Waals surface area contributed by atoms with Crippen molar-refractivity contribution in [2.45, 2.75) is 7.43 Å². The zero-order chi connectivity index (χ0) is 33.5. The summed E-state index contributed by atoms with van der Waals surface area (Å²) in [5.74, 6) is 1.67. The maximum absolute atomic E-state index is 6.50. The highest BCUT2D eigenvalue weighted by Crippen LogP contribution is 2.41. The van der Waals surface area contributed by atoms with Gasteiger partial charge in [-0.2, -0.15) is 9.97 Å². The number of rotatable bonds is 4. The number of furan rings is 2. The molecule has 6 heteroatoms. The minimum absolute atomic E-state index is 0. The molecule has 0 aliphatic heterocycles. The van der Waals surface area contributed by atoms with E-state index in [0.717, 1.165) is 87.9 Å². The molecule has 11 rings (SSSR count). The zero-order valence-electron chi connectivity index (χ0n) is 27.1. The van der Waals surface area contributed by atoms with Crippen LogP contribution in [0.4, 0.5) is 0 Å². The Morgan fingerprint density at radius 1 is 0.404 bits per heavy atom. The van der Waals surface area contributed by atoms with E-state index < -0.39 is 0 Å². The van der Waals surface area contributed by atoms with Gasteiger partial charge in [0.15, 0.2) is 11.6 Å². The predicted octanol–water partition coefficient (Wildman–Crippen LogP) is 12.4. The van der Waals surface area contributed by atoms with Crippen molar-refractivity contribution in [2.24, 2.45) is 0 Å². The van der Waals surface area contributed by atoms with Gasteiger partial charge < -0.3 is 8.83 Å². The van der Waals surface area contributed by atoms with Crippen molar-refractivity contribution >= 4 is 65.7 Å². The first-order valence-electron chi connectivity index (χ1n) is 16.9. The van der Waals surface area contributed by atoms with E-state index in [1.807, 2.05) is 66.7 Å². The molecule has 0 aliphatic carbocycles. The molecule has 4 heterocycles. The maximum atomic E-state index is 6.50. The van der Waals surface area contributed by atoms with Crippen LogP contribution >= 0.6 is 0 Å². The summed E-state index contributed by atoms with van der Waals surface area (Å²) in [7, 11) is 0. The third kappa shape index (κ3) is 4.41. The number of hydrogen-bond acceptors (Lipinski definition) is 5. The first-order chi connectivity index (χ1) is 25.3. The third-order valence-corrected chi connectivity index (χ3v) is 9.87. The van der Waals surface area contributed by atoms with Crippen molar-refractivity contribution in [3.8, 4) is 39.9 Å². The Labute approximate surface area is 298 Å². The van der Waals surface area contributed by atoms with Crippen LogP contribution in [0, 0.1) is 0 Å². The van der Waals surface area contributed by atoms with Crippen LogP contribution < -0.4 is 0 Å². The van der Waals surface area contributed by atoms with Crippen molar-refractivity contribution in [2.75, 3.05) is 0 Å². The number of para-hydroxylation sites is 2. The molecule has 0 unspecified atom stereocenters. The SMILES string of the molecule is C.c1ccc(-c2nc(-c3ccc4c(c3)oc3cccc(-c5ccccc5)c34)nc(-n3c4ccccc4c4ccc5oc6ccccc6c5c43)n2)cc1. The van der Waals surface area contributed by atoms with Gasteiger partial charge in [0.25, 0.3) is 0 Å². The van der Waals surface area contributed by atoms with E-state index in [0.29, 0.717) is 17.6 Å². The summed E-state index contributed by atoms with van der Waals surface area (Å²) in [4.78, 5) is 15.5. The largest absolute Gasteiger partial charge is 0.456 e. The Bertz CT molecular complexity index is 3140. The van der Waals surface area contributed by atoms with Gasteiger partial charge >= 0.3 is 0 Å². The molecule has 0 spiro atoms. The average Bonchev–Trinajstić information content (AvgIpc) is 3.87. The van der Waals surface area contributed by atoms with Gasteiger partial charge in [-0.15, -0.1) is 0 Å². The smallest absolute Gasteiger partial charge is 0.238 e. The van der Waals surface area contributed by atoms with Crippen molar-refractivity contribution < 1.29 is 8.83 Å². The Morgan fingerprint density at radius 3 is 1.85 bits per heavy atom. The van der Waals surface area contributed by atoms with Crippen LogP contribution in [-0.4, -0.2) is 19.5 Å². The number of fused-ring (bicyclic) bond motifs is 10. The summed E-state index contributed by atoms with van der Waals surface area (Å²) in [5, 5.41) is 6.42. The predicted molar refractivity (Wildman–Crippen MR) is 212 cm³/mol. The second-order valence-corrected chi connectivity index (χ2v) is 12.8. The van der Waals surface area contributed by atoms with Gasteiger partial charge in [0.05, 0.1) is 16.4 Å². The van der Waals surface area contributed by atoms with Gasteiger partial charge in [0.1, 0.15) is 22.3 Å². The van der Waals surface area contributed by atoms with E-state index in [2.05, 4.69) is 95.6 Å². The fourth-order valence-corrected chi connectivity index (χ4v) is 7.61. The molecule has 0 N–H and O–H groups in total. The van der Waals surface area contributed by atoms with E-state index in [4.69, 9.17) is 23.8 Å². The van der Waals surface area contributed by atoms with Crippen molar-refractivity contribution in [3.63, 3.8) is 0 Å². The van der Waals surface area contributed by atoms with E-state index >= 15 is 0 Å². The zero-order valence-corrected chi connectivity index (χ0v) is 27.1. The first-order valence-corrected chi connectivity index (χ1v) is 16.9. The van der Waals surface area contributed by atoms with Crippen molar-refractivity contribution in [1.82, 2.24) is 19.5 Å². The monoisotopic (exact) mass is 670 g/mol. The summed E-state index contributed by atoms with van der Waals surface area (Å²) >= 11 is 0. The lowest BCUT2D eigenvalue weighted by molar-refractivity contribution is 0.668. The number of nitrogens with zero attached hydrogens (tertiary/aromatic N) is 4. The molecular weight excluding hydrogens is 641 g/mol. The molecule has 0 fully saturated rings. The summed E-state index contributed by atoms with van der Waals surface area (Å²) in [6.07, 6.45) is 0. The van der Waals surface area contributed by atoms with E-state index in [-0.39, 0.29) is 7.43 Å². The van der Waals surface area contributed by atoms with Crippen LogP contribution in [0.5, 0.6) is 0 Å². The fourth-order valence-electron chi connectivity index (χ4n) is 7.61. The quantitative estimate of drug-likeness (QED) is 0.186. The van der Waals surface area contributed by atoms with Gasteiger partial charge in [0.2, 0.25) is 5.95 Å². The molecule has 4 aromatic heterocycles. The lowest BCUT2D eigenvalue weighted by Crippen LogP contribution is -2.06. The average molecular weight is 671 g/mol. The summed E-state index contributed by atoms with van der Waals surface area (Å²) in [6, 6.07) is 53.8. The second-order valence-electron chi connectivity index (χ2n) is 12.8. The Balaban J connectivity index is 0.00000338. The number of benzene rings is 7. The van der Waals surface area contributed by atoms with Crippen LogP contribution in [-0.2, 0) is 0 Å². The third-order valence-electron chi connectivity index (χ3n) is 9.87. The minimum Gasteiger partial charge on any atom is -0.456 e. The van der Waals surface area contributed by atoms with Gasteiger partial charge in [0, 0.05) is 38.1 Å². The molecule has 11 aromatic rings. The lowest BCUT2D eigenvalue weighted by atomic mass is 9.99. The van der Waals surface area contributed by atoms with Crippen molar-refractivity contribution in [1.29, 1.82) is 0 Å². The number of aromatic nitrogens is 4. The molecule has 246 valence electrons. The highest BCUT2D eigenvalue weighted by molar-refractivity contribution is 6.24. The molecule has 0 aliphatic rings. The standard InChI is InChI=1S/C45H26N4O2.CH4/c1-3-12-27(13-4-1)30-18-11-21-37-40(30)34-23-22-29(26-39(34)51-37)44-46-43(28-14-5-2-6-15-28)47-45(48-44)49-35-19-9-7-16-31(35)32-24-25-38-41(42(32)49)33-17-8-10-20-36(33)50-38;/h1-26H;1H4. The molecule has 0 amide bonds. The fraction of sp³-hybridized carbons (Fsp3) is 0.0217. The number of hydrogen-bond donors (Lipinski definition) is 0. The minimum atomic E-state index is 0. The molecule has 0 saturated carbocycles. The van der Waals surface area contributed by atoms with Crippen LogP contribution in [0.1, 0.15) is 7.43 Å². The van der Waals surface area contributed by atoms with Gasteiger partial charge in [-0.25, -0.2) is 4.98 Å². The Kier molecular flexibility index (Phi) is 6.60.